The van der Waals surface area contributed by atoms with Gasteiger partial charge < -0.3 is 10.2 Å². The van der Waals surface area contributed by atoms with Crippen molar-refractivity contribution in [2.75, 3.05) is 16.8 Å². The minimum Gasteiger partial charge on any atom is -0.322 e. The lowest BCUT2D eigenvalue weighted by atomic mass is 9.98. The Morgan fingerprint density at radius 3 is 2.58 bits per heavy atom. The molecule has 33 heavy (non-hydrogen) atoms. The molecule has 0 saturated heterocycles. The average molecular weight is 437 g/mol. The molecule has 4 aromatic rings. The molecule has 1 aliphatic heterocycles. The van der Waals surface area contributed by atoms with Gasteiger partial charge in [-0.2, -0.15) is 5.10 Å². The van der Waals surface area contributed by atoms with Gasteiger partial charge >= 0.3 is 0 Å². The highest BCUT2D eigenvalue weighted by molar-refractivity contribution is 6.09. The number of nitrogens with one attached hydrogen (secondary N) is 1. The van der Waals surface area contributed by atoms with Gasteiger partial charge in [0.1, 0.15) is 0 Å². The zero-order valence-corrected chi connectivity index (χ0v) is 18.4. The summed E-state index contributed by atoms with van der Waals surface area (Å²) in [4.78, 5) is 26.7. The molecule has 3 aromatic carbocycles. The number of nitrogens with zero attached hydrogens (tertiary/aromatic N) is 3. The monoisotopic (exact) mass is 436 g/mol. The van der Waals surface area contributed by atoms with Gasteiger partial charge in [-0.1, -0.05) is 42.5 Å². The fourth-order valence-corrected chi connectivity index (χ4v) is 4.31. The van der Waals surface area contributed by atoms with Crippen molar-refractivity contribution in [2.24, 2.45) is 0 Å². The predicted octanol–water partition coefficient (Wildman–Crippen LogP) is 4.76. The summed E-state index contributed by atoms with van der Waals surface area (Å²) >= 11 is 0. The molecular formula is C27H24N4O2. The fraction of sp³-hybridized carbons (Fsp3) is 0.148. The third kappa shape index (κ3) is 4.28. The lowest BCUT2D eigenvalue weighted by Gasteiger charge is -2.15. The summed E-state index contributed by atoms with van der Waals surface area (Å²) in [5.41, 5.74) is 6.35. The molecule has 6 heteroatoms. The van der Waals surface area contributed by atoms with Crippen molar-refractivity contribution in [2.45, 2.75) is 19.9 Å². The molecule has 5 rings (SSSR count). The molecule has 2 amide bonds. The molecule has 1 aromatic heterocycles. The number of fused-ring (bicyclic) bond motifs is 1. The minimum atomic E-state index is -0.160. The highest BCUT2D eigenvalue weighted by atomic mass is 16.2. The SMILES string of the molecule is CC(=O)N1CCc2cc(NC(=O)c3ccccc3-c3ccc(Cn4cccn4)cc3)ccc21. The first-order valence-corrected chi connectivity index (χ1v) is 11.0. The Labute approximate surface area is 192 Å². The highest BCUT2D eigenvalue weighted by Crippen LogP contribution is 2.31. The highest BCUT2D eigenvalue weighted by Gasteiger charge is 2.22. The summed E-state index contributed by atoms with van der Waals surface area (Å²) in [6.07, 6.45) is 4.49. The standard InChI is InChI=1S/C27H24N4O2/c1-19(32)31-16-13-22-17-23(11-12-26(22)31)29-27(33)25-6-3-2-5-24(25)21-9-7-20(8-10-21)18-30-15-4-14-28-30/h2-12,14-15,17H,13,16,18H2,1H3,(H,29,33). The summed E-state index contributed by atoms with van der Waals surface area (Å²) in [6, 6.07) is 23.4. The molecule has 0 spiro atoms. The zero-order chi connectivity index (χ0) is 22.8. The Balaban J connectivity index is 1.36. The molecule has 2 heterocycles. The molecule has 1 N–H and O–H groups in total. The lowest BCUT2D eigenvalue weighted by molar-refractivity contribution is -0.116. The van der Waals surface area contributed by atoms with E-state index in [-0.39, 0.29) is 11.8 Å². The Bertz CT molecular complexity index is 1310. The number of benzene rings is 3. The van der Waals surface area contributed by atoms with Crippen molar-refractivity contribution in [3.05, 3.63) is 102 Å². The molecule has 1 aliphatic rings. The molecule has 164 valence electrons. The van der Waals surface area contributed by atoms with Crippen molar-refractivity contribution < 1.29 is 9.59 Å². The van der Waals surface area contributed by atoms with E-state index in [4.69, 9.17) is 0 Å². The van der Waals surface area contributed by atoms with Crippen LogP contribution in [0.25, 0.3) is 11.1 Å². The van der Waals surface area contributed by atoms with Crippen LogP contribution in [0.4, 0.5) is 11.4 Å². The van der Waals surface area contributed by atoms with Gasteiger partial charge in [0.15, 0.2) is 0 Å². The topological polar surface area (TPSA) is 67.2 Å². The van der Waals surface area contributed by atoms with E-state index in [1.54, 1.807) is 18.0 Å². The summed E-state index contributed by atoms with van der Waals surface area (Å²) in [6.45, 7) is 2.96. The number of carbonyl (C=O) groups excluding carboxylic acids is 2. The molecule has 0 atom stereocenters. The summed E-state index contributed by atoms with van der Waals surface area (Å²) in [5, 5.41) is 7.28. The van der Waals surface area contributed by atoms with Crippen LogP contribution in [-0.4, -0.2) is 28.1 Å². The van der Waals surface area contributed by atoms with Crippen LogP contribution in [0.1, 0.15) is 28.4 Å². The third-order valence-electron chi connectivity index (χ3n) is 5.95. The quantitative estimate of drug-likeness (QED) is 0.491. The van der Waals surface area contributed by atoms with Crippen LogP contribution in [0, 0.1) is 0 Å². The van der Waals surface area contributed by atoms with Crippen molar-refractivity contribution >= 4 is 23.2 Å². The number of carbonyl (C=O) groups is 2. The van der Waals surface area contributed by atoms with Crippen molar-refractivity contribution in [3.63, 3.8) is 0 Å². The van der Waals surface area contributed by atoms with Crippen LogP contribution in [0.5, 0.6) is 0 Å². The van der Waals surface area contributed by atoms with Crippen molar-refractivity contribution in [1.82, 2.24) is 9.78 Å². The van der Waals surface area contributed by atoms with Crippen LogP contribution in [0.3, 0.4) is 0 Å². The average Bonchev–Trinajstić information content (AvgIpc) is 3.49. The molecule has 0 fully saturated rings. The van der Waals surface area contributed by atoms with Crippen molar-refractivity contribution in [3.8, 4) is 11.1 Å². The number of hydrogen-bond donors (Lipinski definition) is 1. The molecule has 0 radical (unpaired) electrons. The summed E-state index contributed by atoms with van der Waals surface area (Å²) in [7, 11) is 0. The first-order valence-electron chi connectivity index (χ1n) is 11.0. The van der Waals surface area contributed by atoms with Crippen LogP contribution < -0.4 is 10.2 Å². The first kappa shape index (κ1) is 20.7. The van der Waals surface area contributed by atoms with E-state index in [2.05, 4.69) is 22.5 Å². The smallest absolute Gasteiger partial charge is 0.256 e. The first-order chi connectivity index (χ1) is 16.1. The van der Waals surface area contributed by atoms with E-state index in [0.717, 1.165) is 40.0 Å². The van der Waals surface area contributed by atoms with Gasteiger partial charge in [0, 0.05) is 42.8 Å². The van der Waals surface area contributed by atoms with Gasteiger partial charge in [-0.05, 0) is 59.0 Å². The normalized spacial score (nSPS) is 12.5. The van der Waals surface area contributed by atoms with E-state index in [1.165, 1.54) is 0 Å². The molecule has 0 unspecified atom stereocenters. The minimum absolute atomic E-state index is 0.0371. The van der Waals surface area contributed by atoms with E-state index in [9.17, 15) is 9.59 Å². The second kappa shape index (κ2) is 8.74. The Morgan fingerprint density at radius 2 is 1.82 bits per heavy atom. The van der Waals surface area contributed by atoms with Crippen molar-refractivity contribution in [1.29, 1.82) is 0 Å². The lowest BCUT2D eigenvalue weighted by Crippen LogP contribution is -2.25. The van der Waals surface area contributed by atoms with Gasteiger partial charge in [0.05, 0.1) is 6.54 Å². The van der Waals surface area contributed by atoms with E-state index in [1.807, 2.05) is 71.5 Å². The van der Waals surface area contributed by atoms with Gasteiger partial charge in [0.2, 0.25) is 5.91 Å². The predicted molar refractivity (Wildman–Crippen MR) is 129 cm³/mol. The van der Waals surface area contributed by atoms with Crippen LogP contribution >= 0.6 is 0 Å². The third-order valence-corrected chi connectivity index (χ3v) is 5.95. The van der Waals surface area contributed by atoms with Crippen LogP contribution in [0.2, 0.25) is 0 Å². The number of rotatable bonds is 5. The van der Waals surface area contributed by atoms with Gasteiger partial charge in [0.25, 0.3) is 5.91 Å². The Kier molecular flexibility index (Phi) is 5.48. The number of anilines is 2. The molecule has 0 aliphatic carbocycles. The largest absolute Gasteiger partial charge is 0.322 e. The second-order valence-corrected chi connectivity index (χ2v) is 8.16. The van der Waals surface area contributed by atoms with E-state index in [0.29, 0.717) is 18.7 Å². The number of aromatic nitrogens is 2. The molecule has 0 bridgehead atoms. The van der Waals surface area contributed by atoms with E-state index < -0.39 is 0 Å². The second-order valence-electron chi connectivity index (χ2n) is 8.16. The maximum Gasteiger partial charge on any atom is 0.256 e. The Hall–Kier alpha value is -4.19. The molecule has 6 nitrogen and oxygen atoms in total. The van der Waals surface area contributed by atoms with Crippen LogP contribution in [0.15, 0.2) is 85.2 Å². The van der Waals surface area contributed by atoms with E-state index >= 15 is 0 Å². The summed E-state index contributed by atoms with van der Waals surface area (Å²) in [5.74, 6) is -0.123. The summed E-state index contributed by atoms with van der Waals surface area (Å²) < 4.78 is 1.88. The Morgan fingerprint density at radius 1 is 1.00 bits per heavy atom. The van der Waals surface area contributed by atoms with Gasteiger partial charge in [-0.3, -0.25) is 14.3 Å². The van der Waals surface area contributed by atoms with Crippen LogP contribution in [-0.2, 0) is 17.8 Å². The number of hydrogen-bond acceptors (Lipinski definition) is 3. The zero-order valence-electron chi connectivity index (χ0n) is 18.4. The molecule has 0 saturated carbocycles. The van der Waals surface area contributed by atoms with Gasteiger partial charge in [-0.25, -0.2) is 0 Å². The van der Waals surface area contributed by atoms with Gasteiger partial charge in [-0.15, -0.1) is 0 Å². The maximum absolute atomic E-state index is 13.2. The molecular weight excluding hydrogens is 412 g/mol. The number of amides is 2. The maximum atomic E-state index is 13.2. The fourth-order valence-electron chi connectivity index (χ4n) is 4.31.